The van der Waals surface area contributed by atoms with E-state index >= 15 is 0 Å². The van der Waals surface area contributed by atoms with Crippen LogP contribution in [0.4, 0.5) is 5.95 Å². The van der Waals surface area contributed by atoms with Crippen molar-refractivity contribution in [1.29, 1.82) is 0 Å². The monoisotopic (exact) mass is 504 g/mol. The second kappa shape index (κ2) is 11.3. The van der Waals surface area contributed by atoms with E-state index in [1.807, 2.05) is 72.8 Å². The molecule has 0 amide bonds. The van der Waals surface area contributed by atoms with Crippen LogP contribution in [0.3, 0.4) is 0 Å². The lowest BCUT2D eigenvalue weighted by atomic mass is 10.0. The van der Waals surface area contributed by atoms with Gasteiger partial charge in [0.1, 0.15) is 24.1 Å². The number of para-hydroxylation sites is 2. The first-order chi connectivity index (χ1) is 18.1. The number of hydrogen-bond acceptors (Lipinski definition) is 8. The van der Waals surface area contributed by atoms with Gasteiger partial charge in [0.05, 0.1) is 24.2 Å². The molecule has 0 radical (unpaired) electrons. The van der Waals surface area contributed by atoms with E-state index in [2.05, 4.69) is 5.32 Å². The number of ether oxygens (including phenoxy) is 2. The number of imidazole rings is 1. The van der Waals surface area contributed by atoms with Crippen molar-refractivity contribution in [2.75, 3.05) is 25.1 Å². The van der Waals surface area contributed by atoms with Gasteiger partial charge >= 0.3 is 0 Å². The van der Waals surface area contributed by atoms with Crippen LogP contribution in [0.5, 0.6) is 5.75 Å². The van der Waals surface area contributed by atoms with E-state index in [1.54, 1.807) is 4.57 Å². The average Bonchev–Trinajstić information content (AvgIpc) is 3.44. The van der Waals surface area contributed by atoms with Gasteiger partial charge in [-0.15, -0.1) is 0 Å². The Morgan fingerprint density at radius 3 is 2.54 bits per heavy atom. The first-order valence-corrected chi connectivity index (χ1v) is 12.4. The molecule has 2 heterocycles. The number of aliphatic hydroxyl groups is 3. The van der Waals surface area contributed by atoms with Crippen molar-refractivity contribution >= 4 is 17.0 Å². The molecule has 9 heteroatoms. The van der Waals surface area contributed by atoms with Crippen molar-refractivity contribution < 1.29 is 24.8 Å². The molecule has 194 valence electrons. The van der Waals surface area contributed by atoms with E-state index < -0.39 is 31.1 Å². The van der Waals surface area contributed by atoms with Gasteiger partial charge in [-0.05, 0) is 42.3 Å². The molecule has 1 unspecified atom stereocenters. The highest BCUT2D eigenvalue weighted by atomic mass is 16.6. The number of fused-ring (bicyclic) bond motifs is 1. The Bertz CT molecular complexity index is 1330. The molecule has 1 aliphatic rings. The minimum atomic E-state index is -1.22. The summed E-state index contributed by atoms with van der Waals surface area (Å²) in [6.45, 7) is 1.11. The Morgan fingerprint density at radius 1 is 1.00 bits per heavy atom. The number of nitrogens with zero attached hydrogens (tertiary/aromatic N) is 2. The molecule has 6 N–H and O–H groups in total. The molecule has 4 aromatic rings. The van der Waals surface area contributed by atoms with Crippen LogP contribution in [0.1, 0.15) is 18.2 Å². The standard InChI is InChI=1S/C28H32N4O5/c29-13-6-14-36-23-15-18(11-12-20(23)19-7-2-1-3-8-19)16-30-28-31-21-9-4-5-10-22(21)32(28)27-26(35)25(34)24(17-33)37-27/h1-5,7-12,15,24-27,33-35H,6,13-14,16-17,29H2,(H,30,31)/t24-,25-,26?,27-/m1/s1. The van der Waals surface area contributed by atoms with E-state index in [-0.39, 0.29) is 0 Å². The van der Waals surface area contributed by atoms with E-state index in [0.717, 1.165) is 34.4 Å². The maximum atomic E-state index is 10.7. The topological polar surface area (TPSA) is 135 Å². The molecule has 1 fully saturated rings. The summed E-state index contributed by atoms with van der Waals surface area (Å²) >= 11 is 0. The molecule has 5 rings (SSSR count). The van der Waals surface area contributed by atoms with Crippen LogP contribution >= 0.6 is 0 Å². The fourth-order valence-corrected chi connectivity index (χ4v) is 4.62. The van der Waals surface area contributed by atoms with Gasteiger partial charge in [0.25, 0.3) is 0 Å². The number of hydrogen-bond donors (Lipinski definition) is 5. The number of nitrogens with one attached hydrogen (secondary N) is 1. The van der Waals surface area contributed by atoms with Crippen molar-refractivity contribution in [2.24, 2.45) is 5.73 Å². The Balaban J connectivity index is 1.43. The van der Waals surface area contributed by atoms with E-state index in [0.29, 0.717) is 31.2 Å². The van der Waals surface area contributed by atoms with Crippen LogP contribution in [0.15, 0.2) is 72.8 Å². The van der Waals surface area contributed by atoms with Gasteiger partial charge in [0.15, 0.2) is 6.23 Å². The Morgan fingerprint density at radius 2 is 1.78 bits per heavy atom. The van der Waals surface area contributed by atoms with E-state index in [4.69, 9.17) is 20.2 Å². The molecular formula is C28H32N4O5. The lowest BCUT2D eigenvalue weighted by Gasteiger charge is -2.20. The number of nitrogens with two attached hydrogens (primary N) is 1. The number of rotatable bonds is 10. The molecular weight excluding hydrogens is 472 g/mol. The van der Waals surface area contributed by atoms with Crippen LogP contribution in [0, 0.1) is 0 Å². The van der Waals surface area contributed by atoms with Crippen LogP contribution in [0.2, 0.25) is 0 Å². The average molecular weight is 505 g/mol. The summed E-state index contributed by atoms with van der Waals surface area (Å²) in [4.78, 5) is 4.70. The third-order valence-electron chi connectivity index (χ3n) is 6.55. The zero-order valence-corrected chi connectivity index (χ0v) is 20.4. The molecule has 1 saturated heterocycles. The summed E-state index contributed by atoms with van der Waals surface area (Å²) < 4.78 is 13.6. The van der Waals surface area contributed by atoms with Gasteiger partial charge in [-0.25, -0.2) is 4.98 Å². The zero-order chi connectivity index (χ0) is 25.8. The molecule has 9 nitrogen and oxygen atoms in total. The maximum absolute atomic E-state index is 10.7. The number of benzene rings is 3. The third kappa shape index (κ3) is 5.18. The van der Waals surface area contributed by atoms with E-state index in [9.17, 15) is 15.3 Å². The Kier molecular flexibility index (Phi) is 7.68. The highest BCUT2D eigenvalue weighted by Crippen LogP contribution is 2.36. The summed E-state index contributed by atoms with van der Waals surface area (Å²) in [5, 5.41) is 33.9. The second-order valence-electron chi connectivity index (χ2n) is 9.06. The predicted molar refractivity (Wildman–Crippen MR) is 141 cm³/mol. The van der Waals surface area contributed by atoms with Crippen LogP contribution in [0.25, 0.3) is 22.2 Å². The van der Waals surface area contributed by atoms with Gasteiger partial charge in [-0.3, -0.25) is 4.57 Å². The molecule has 37 heavy (non-hydrogen) atoms. The normalized spacial score (nSPS) is 21.4. The van der Waals surface area contributed by atoms with Gasteiger partial charge in [0.2, 0.25) is 5.95 Å². The summed E-state index contributed by atoms with van der Waals surface area (Å²) in [5.74, 6) is 1.25. The Labute approximate surface area is 215 Å². The molecule has 0 bridgehead atoms. The minimum Gasteiger partial charge on any atom is -0.493 e. The molecule has 0 aliphatic carbocycles. The second-order valence-corrected chi connectivity index (χ2v) is 9.06. The van der Waals surface area contributed by atoms with Crippen LogP contribution < -0.4 is 15.8 Å². The van der Waals surface area contributed by atoms with Crippen molar-refractivity contribution in [2.45, 2.75) is 37.5 Å². The van der Waals surface area contributed by atoms with Crippen molar-refractivity contribution in [3.8, 4) is 16.9 Å². The lowest BCUT2D eigenvalue weighted by Crippen LogP contribution is -2.33. The van der Waals surface area contributed by atoms with Gasteiger partial charge in [0, 0.05) is 12.1 Å². The summed E-state index contributed by atoms with van der Waals surface area (Å²) in [7, 11) is 0. The largest absolute Gasteiger partial charge is 0.493 e. The summed E-state index contributed by atoms with van der Waals surface area (Å²) in [5.41, 5.74) is 10.2. The summed E-state index contributed by atoms with van der Waals surface area (Å²) in [6, 6.07) is 23.7. The highest BCUT2D eigenvalue weighted by molar-refractivity contribution is 5.79. The summed E-state index contributed by atoms with van der Waals surface area (Å²) in [6.07, 6.45) is -3.46. The molecule has 4 atom stereocenters. The van der Waals surface area contributed by atoms with Crippen molar-refractivity contribution in [1.82, 2.24) is 9.55 Å². The van der Waals surface area contributed by atoms with Crippen molar-refractivity contribution in [3.63, 3.8) is 0 Å². The van der Waals surface area contributed by atoms with Crippen LogP contribution in [-0.4, -0.2) is 62.9 Å². The van der Waals surface area contributed by atoms with Gasteiger partial charge in [-0.2, -0.15) is 0 Å². The van der Waals surface area contributed by atoms with Crippen molar-refractivity contribution in [3.05, 3.63) is 78.4 Å². The molecule has 1 aliphatic heterocycles. The maximum Gasteiger partial charge on any atom is 0.206 e. The zero-order valence-electron chi connectivity index (χ0n) is 20.4. The first-order valence-electron chi connectivity index (χ1n) is 12.4. The number of aliphatic hydroxyl groups excluding tert-OH is 3. The molecule has 0 spiro atoms. The first kappa shape index (κ1) is 25.2. The SMILES string of the molecule is NCCCOc1cc(CNc2nc3ccccc3n2[C@@H]2O[C@H](CO)[C@@H](O)C2O)ccc1-c1ccccc1. The fourth-order valence-electron chi connectivity index (χ4n) is 4.62. The third-order valence-corrected chi connectivity index (χ3v) is 6.55. The molecule has 3 aromatic carbocycles. The van der Waals surface area contributed by atoms with E-state index in [1.165, 1.54) is 0 Å². The lowest BCUT2D eigenvalue weighted by molar-refractivity contribution is -0.0499. The van der Waals surface area contributed by atoms with Gasteiger partial charge < -0.3 is 35.8 Å². The number of anilines is 1. The fraction of sp³-hybridized carbons (Fsp3) is 0.321. The Hall–Kier alpha value is -3.47. The molecule has 1 aromatic heterocycles. The smallest absolute Gasteiger partial charge is 0.206 e. The quantitative estimate of drug-likeness (QED) is 0.208. The highest BCUT2D eigenvalue weighted by Gasteiger charge is 2.44. The number of aromatic nitrogens is 2. The predicted octanol–water partition coefficient (Wildman–Crippen LogP) is 2.65. The van der Waals surface area contributed by atoms with Gasteiger partial charge in [-0.1, -0.05) is 54.6 Å². The minimum absolute atomic E-state index is 0.398. The molecule has 0 saturated carbocycles. The van der Waals surface area contributed by atoms with Crippen LogP contribution in [-0.2, 0) is 11.3 Å².